The molecule has 1 unspecified atom stereocenters. The van der Waals surface area contributed by atoms with E-state index in [1.54, 1.807) is 0 Å². The van der Waals surface area contributed by atoms with Gasteiger partial charge in [0.25, 0.3) is 0 Å². The number of rotatable bonds is 5. The Morgan fingerprint density at radius 2 is 2.15 bits per heavy atom. The molecule has 118 valence electrons. The van der Waals surface area contributed by atoms with Gasteiger partial charge in [-0.15, -0.1) is 0 Å². The maximum Gasteiger partial charge on any atom is 0.407 e. The average molecular weight is 303 g/mol. The molecule has 1 rings (SSSR count). The van der Waals surface area contributed by atoms with Gasteiger partial charge in [0.05, 0.1) is 0 Å². The Morgan fingerprint density at radius 3 is 2.80 bits per heavy atom. The topological polar surface area (TPSA) is 67.6 Å². The van der Waals surface area contributed by atoms with Crippen LogP contribution in [-0.4, -0.2) is 60.3 Å². The van der Waals surface area contributed by atoms with Gasteiger partial charge in [-0.25, -0.2) is 4.79 Å². The molecule has 6 heteroatoms. The molecular formula is C14H29N3O2S. The third-order valence-corrected chi connectivity index (χ3v) is 4.24. The van der Waals surface area contributed by atoms with Crippen LogP contribution in [0.4, 0.5) is 4.79 Å². The number of ether oxygens (including phenoxy) is 1. The summed E-state index contributed by atoms with van der Waals surface area (Å²) in [5.74, 6) is 2.42. The molecule has 1 fully saturated rings. The second kappa shape index (κ2) is 8.74. The minimum Gasteiger partial charge on any atom is -0.444 e. The zero-order chi connectivity index (χ0) is 15.0. The van der Waals surface area contributed by atoms with Gasteiger partial charge in [0.2, 0.25) is 0 Å². The highest BCUT2D eigenvalue weighted by Gasteiger charge is 2.20. The van der Waals surface area contributed by atoms with Crippen LogP contribution in [0.15, 0.2) is 0 Å². The Kier molecular flexibility index (Phi) is 7.69. The molecule has 1 aliphatic rings. The fraction of sp³-hybridized carbons (Fsp3) is 0.929. The third kappa shape index (κ3) is 7.36. The molecule has 0 aromatic heterocycles. The number of carbonyl (C=O) groups is 1. The van der Waals surface area contributed by atoms with E-state index in [4.69, 9.17) is 10.5 Å². The van der Waals surface area contributed by atoms with E-state index in [9.17, 15) is 4.79 Å². The Morgan fingerprint density at radius 1 is 1.40 bits per heavy atom. The van der Waals surface area contributed by atoms with E-state index in [0.29, 0.717) is 19.1 Å². The van der Waals surface area contributed by atoms with E-state index in [2.05, 4.69) is 10.2 Å². The standard InChI is InChI=1S/C14H29N3O2S/c1-14(2,3)19-13(18)16-6-5-12(11-15)17-7-4-9-20-10-8-17/h12H,4-11,15H2,1-3H3,(H,16,18). The summed E-state index contributed by atoms with van der Waals surface area (Å²) >= 11 is 2.01. The minimum atomic E-state index is -0.445. The van der Waals surface area contributed by atoms with Crippen molar-refractivity contribution < 1.29 is 9.53 Å². The quantitative estimate of drug-likeness (QED) is 0.808. The number of alkyl carbamates (subject to hydrolysis) is 1. The molecule has 0 aromatic carbocycles. The van der Waals surface area contributed by atoms with Crippen molar-refractivity contribution in [2.75, 3.05) is 37.7 Å². The molecule has 1 heterocycles. The van der Waals surface area contributed by atoms with Gasteiger partial charge in [-0.1, -0.05) is 0 Å². The molecule has 0 radical (unpaired) electrons. The summed E-state index contributed by atoms with van der Waals surface area (Å²) in [6.45, 7) is 9.06. The summed E-state index contributed by atoms with van der Waals surface area (Å²) in [6.07, 6.45) is 1.75. The number of carbonyl (C=O) groups excluding carboxylic acids is 1. The van der Waals surface area contributed by atoms with E-state index in [1.807, 2.05) is 32.5 Å². The fourth-order valence-corrected chi connectivity index (χ4v) is 3.14. The van der Waals surface area contributed by atoms with Gasteiger partial charge in [-0.2, -0.15) is 11.8 Å². The molecule has 0 bridgehead atoms. The monoisotopic (exact) mass is 303 g/mol. The molecule has 0 saturated carbocycles. The smallest absolute Gasteiger partial charge is 0.407 e. The Balaban J connectivity index is 2.28. The van der Waals surface area contributed by atoms with Crippen molar-refractivity contribution in [2.45, 2.75) is 45.3 Å². The van der Waals surface area contributed by atoms with Crippen LogP contribution in [0.1, 0.15) is 33.6 Å². The highest BCUT2D eigenvalue weighted by Crippen LogP contribution is 2.13. The SMILES string of the molecule is CC(C)(C)OC(=O)NCCC(CN)N1CCCSCC1. The molecule has 1 aliphatic heterocycles. The molecule has 1 atom stereocenters. The van der Waals surface area contributed by atoms with E-state index in [-0.39, 0.29) is 6.09 Å². The van der Waals surface area contributed by atoms with Crippen LogP contribution in [0, 0.1) is 0 Å². The number of hydrogen-bond acceptors (Lipinski definition) is 5. The lowest BCUT2D eigenvalue weighted by Gasteiger charge is -2.29. The first-order valence-electron chi connectivity index (χ1n) is 7.41. The summed E-state index contributed by atoms with van der Waals surface area (Å²) in [4.78, 5) is 14.0. The third-order valence-electron chi connectivity index (χ3n) is 3.19. The van der Waals surface area contributed by atoms with Crippen LogP contribution in [0.3, 0.4) is 0 Å². The number of amides is 1. The van der Waals surface area contributed by atoms with Gasteiger partial charge >= 0.3 is 6.09 Å². The maximum absolute atomic E-state index is 11.6. The molecule has 20 heavy (non-hydrogen) atoms. The largest absolute Gasteiger partial charge is 0.444 e. The first-order chi connectivity index (χ1) is 9.42. The Labute approximate surface area is 127 Å². The molecule has 0 aliphatic carbocycles. The van der Waals surface area contributed by atoms with Gasteiger partial charge in [0, 0.05) is 31.4 Å². The maximum atomic E-state index is 11.6. The molecular weight excluding hydrogens is 274 g/mol. The van der Waals surface area contributed by atoms with Crippen LogP contribution in [0.2, 0.25) is 0 Å². The summed E-state index contributed by atoms with van der Waals surface area (Å²) in [5.41, 5.74) is 5.44. The van der Waals surface area contributed by atoms with Crippen LogP contribution < -0.4 is 11.1 Å². The predicted molar refractivity (Wildman–Crippen MR) is 85.2 cm³/mol. The van der Waals surface area contributed by atoms with Gasteiger partial charge in [-0.05, 0) is 45.9 Å². The second-order valence-electron chi connectivity index (χ2n) is 6.11. The van der Waals surface area contributed by atoms with E-state index in [1.165, 1.54) is 17.9 Å². The summed E-state index contributed by atoms with van der Waals surface area (Å²) in [5, 5.41) is 2.81. The van der Waals surface area contributed by atoms with Crippen molar-refractivity contribution in [3.05, 3.63) is 0 Å². The Hall–Kier alpha value is -0.460. The van der Waals surface area contributed by atoms with Gasteiger partial charge in [0.1, 0.15) is 5.60 Å². The molecule has 3 N–H and O–H groups in total. The van der Waals surface area contributed by atoms with Crippen molar-refractivity contribution in [1.82, 2.24) is 10.2 Å². The van der Waals surface area contributed by atoms with Gasteiger partial charge in [-0.3, -0.25) is 4.90 Å². The number of nitrogens with one attached hydrogen (secondary N) is 1. The van der Waals surface area contributed by atoms with E-state index in [0.717, 1.165) is 19.5 Å². The van der Waals surface area contributed by atoms with Crippen molar-refractivity contribution in [3.8, 4) is 0 Å². The van der Waals surface area contributed by atoms with Crippen LogP contribution in [0.25, 0.3) is 0 Å². The van der Waals surface area contributed by atoms with Crippen LogP contribution >= 0.6 is 11.8 Å². The zero-order valence-corrected chi connectivity index (χ0v) is 13.8. The summed E-state index contributed by atoms with van der Waals surface area (Å²) in [6, 6.07) is 0.351. The van der Waals surface area contributed by atoms with Crippen LogP contribution in [0.5, 0.6) is 0 Å². The summed E-state index contributed by atoms with van der Waals surface area (Å²) < 4.78 is 5.22. The molecule has 0 aromatic rings. The van der Waals surface area contributed by atoms with Crippen LogP contribution in [-0.2, 0) is 4.74 Å². The summed E-state index contributed by atoms with van der Waals surface area (Å²) in [7, 11) is 0. The molecule has 0 spiro atoms. The van der Waals surface area contributed by atoms with Crippen molar-refractivity contribution in [1.29, 1.82) is 0 Å². The van der Waals surface area contributed by atoms with E-state index < -0.39 is 5.60 Å². The van der Waals surface area contributed by atoms with Gasteiger partial charge in [0.15, 0.2) is 0 Å². The second-order valence-corrected chi connectivity index (χ2v) is 7.33. The normalized spacial score (nSPS) is 19.2. The van der Waals surface area contributed by atoms with Crippen molar-refractivity contribution in [3.63, 3.8) is 0 Å². The van der Waals surface area contributed by atoms with Crippen molar-refractivity contribution in [2.24, 2.45) is 5.73 Å². The predicted octanol–water partition coefficient (Wildman–Crippen LogP) is 1.67. The lowest BCUT2D eigenvalue weighted by molar-refractivity contribution is 0.0522. The van der Waals surface area contributed by atoms with Crippen molar-refractivity contribution >= 4 is 17.9 Å². The first kappa shape index (κ1) is 17.6. The van der Waals surface area contributed by atoms with Gasteiger partial charge < -0.3 is 15.8 Å². The lowest BCUT2D eigenvalue weighted by Crippen LogP contribution is -2.44. The number of thioether (sulfide) groups is 1. The molecule has 5 nitrogen and oxygen atoms in total. The average Bonchev–Trinajstić information content (AvgIpc) is 2.61. The number of hydrogen-bond donors (Lipinski definition) is 2. The first-order valence-corrected chi connectivity index (χ1v) is 8.56. The van der Waals surface area contributed by atoms with E-state index >= 15 is 0 Å². The fourth-order valence-electron chi connectivity index (χ4n) is 2.24. The highest BCUT2D eigenvalue weighted by molar-refractivity contribution is 7.99. The minimum absolute atomic E-state index is 0.348. The highest BCUT2D eigenvalue weighted by atomic mass is 32.2. The molecule has 1 amide bonds. The number of nitrogens with zero attached hydrogens (tertiary/aromatic N) is 1. The zero-order valence-electron chi connectivity index (χ0n) is 13.0. The molecule has 1 saturated heterocycles. The lowest BCUT2D eigenvalue weighted by atomic mass is 10.1. The number of nitrogens with two attached hydrogens (primary N) is 1. The Bertz CT molecular complexity index is 287.